The minimum absolute atomic E-state index is 0.0330. The van der Waals surface area contributed by atoms with Gasteiger partial charge in [0.15, 0.2) is 0 Å². The minimum Gasteiger partial charge on any atom is -0.311 e. The fourth-order valence-corrected chi connectivity index (χ4v) is 3.36. The molecule has 1 heterocycles. The summed E-state index contributed by atoms with van der Waals surface area (Å²) in [5.41, 5.74) is 2.68. The van der Waals surface area contributed by atoms with E-state index in [0.717, 1.165) is 28.8 Å². The fraction of sp³-hybridized carbons (Fsp3) is 0.188. The van der Waals surface area contributed by atoms with Gasteiger partial charge < -0.3 is 10.2 Å². The Kier molecular flexibility index (Phi) is 4.29. The lowest BCUT2D eigenvalue weighted by Gasteiger charge is -2.22. The average Bonchev–Trinajstić information content (AvgIpc) is 2.68. The fourth-order valence-electron chi connectivity index (χ4n) is 2.50. The summed E-state index contributed by atoms with van der Waals surface area (Å²) in [6.07, 6.45) is 0. The zero-order valence-corrected chi connectivity index (χ0v) is 13.6. The predicted octanol–water partition coefficient (Wildman–Crippen LogP) is 3.85. The molecule has 0 fully saturated rings. The molecule has 1 aliphatic rings. The van der Waals surface area contributed by atoms with Gasteiger partial charge in [0.2, 0.25) is 0 Å². The van der Waals surface area contributed by atoms with Gasteiger partial charge in [-0.1, -0.05) is 45.7 Å². The van der Waals surface area contributed by atoms with Crippen LogP contribution in [0.15, 0.2) is 46.9 Å². The third-order valence-corrected chi connectivity index (χ3v) is 4.14. The lowest BCUT2D eigenvalue weighted by Crippen LogP contribution is -2.34. The van der Waals surface area contributed by atoms with Crippen LogP contribution in [0.25, 0.3) is 0 Å². The second-order valence-corrected chi connectivity index (χ2v) is 6.27. The van der Waals surface area contributed by atoms with E-state index < -0.39 is 0 Å². The van der Waals surface area contributed by atoms with Crippen molar-refractivity contribution in [3.8, 4) is 0 Å². The van der Waals surface area contributed by atoms with Crippen LogP contribution in [-0.2, 0) is 6.54 Å². The van der Waals surface area contributed by atoms with E-state index in [0.29, 0.717) is 17.1 Å². The molecule has 2 aromatic rings. The first kappa shape index (κ1) is 14.6. The number of nitrogens with one attached hydrogen (secondary N) is 1. The highest BCUT2D eigenvalue weighted by Gasteiger charge is 2.22. The normalized spacial score (nSPS) is 14.5. The Hall–Kier alpha value is -1.36. The molecule has 3 nitrogen and oxygen atoms in total. The minimum atomic E-state index is -0.0330. The van der Waals surface area contributed by atoms with Crippen molar-refractivity contribution < 1.29 is 4.79 Å². The molecule has 21 heavy (non-hydrogen) atoms. The highest BCUT2D eigenvalue weighted by molar-refractivity contribution is 9.10. The number of halogens is 2. The van der Waals surface area contributed by atoms with E-state index >= 15 is 0 Å². The van der Waals surface area contributed by atoms with E-state index in [1.807, 2.05) is 29.2 Å². The monoisotopic (exact) mass is 364 g/mol. The SMILES string of the molecule is O=C(c1cc(Cl)cc(Br)c1)N1CCNCc2ccccc21. The van der Waals surface area contributed by atoms with Crippen molar-refractivity contribution in [2.24, 2.45) is 0 Å². The average molecular weight is 366 g/mol. The summed E-state index contributed by atoms with van der Waals surface area (Å²) in [4.78, 5) is 14.7. The molecule has 1 N–H and O–H groups in total. The Morgan fingerprint density at radius 2 is 2.05 bits per heavy atom. The second kappa shape index (κ2) is 6.18. The number of carbonyl (C=O) groups is 1. The van der Waals surface area contributed by atoms with Crippen LogP contribution in [0.3, 0.4) is 0 Å². The smallest absolute Gasteiger partial charge is 0.258 e. The van der Waals surface area contributed by atoms with Crippen molar-refractivity contribution in [3.63, 3.8) is 0 Å². The quantitative estimate of drug-likeness (QED) is 0.832. The molecule has 1 amide bonds. The molecule has 5 heteroatoms. The number of para-hydroxylation sites is 1. The summed E-state index contributed by atoms with van der Waals surface area (Å²) in [6.45, 7) is 2.18. The highest BCUT2D eigenvalue weighted by Crippen LogP contribution is 2.26. The predicted molar refractivity (Wildman–Crippen MR) is 89.0 cm³/mol. The topological polar surface area (TPSA) is 32.3 Å². The zero-order chi connectivity index (χ0) is 14.8. The van der Waals surface area contributed by atoms with Gasteiger partial charge in [0.25, 0.3) is 5.91 Å². The standard InChI is InChI=1S/C16H14BrClN2O/c17-13-7-12(8-14(18)9-13)16(21)20-6-5-19-10-11-3-1-2-4-15(11)20/h1-4,7-9,19H,5-6,10H2. The van der Waals surface area contributed by atoms with E-state index in [2.05, 4.69) is 21.2 Å². The van der Waals surface area contributed by atoms with Crippen LogP contribution < -0.4 is 10.2 Å². The van der Waals surface area contributed by atoms with E-state index in [1.165, 1.54) is 0 Å². The van der Waals surface area contributed by atoms with Gasteiger partial charge in [-0.25, -0.2) is 0 Å². The largest absolute Gasteiger partial charge is 0.311 e. The van der Waals surface area contributed by atoms with Gasteiger partial charge in [0.1, 0.15) is 0 Å². The number of hydrogen-bond donors (Lipinski definition) is 1. The first-order chi connectivity index (χ1) is 10.1. The summed E-state index contributed by atoms with van der Waals surface area (Å²) in [6, 6.07) is 13.3. The van der Waals surface area contributed by atoms with Crippen LogP contribution in [0.4, 0.5) is 5.69 Å². The van der Waals surface area contributed by atoms with Crippen LogP contribution in [0, 0.1) is 0 Å². The molecule has 0 bridgehead atoms. The maximum atomic E-state index is 12.8. The molecule has 0 unspecified atom stereocenters. The molecule has 1 aliphatic heterocycles. The summed E-state index contributed by atoms with van der Waals surface area (Å²) < 4.78 is 0.805. The van der Waals surface area contributed by atoms with Gasteiger partial charge >= 0.3 is 0 Å². The van der Waals surface area contributed by atoms with Crippen molar-refractivity contribution in [1.29, 1.82) is 0 Å². The molecule has 2 aromatic carbocycles. The number of hydrogen-bond acceptors (Lipinski definition) is 2. The maximum absolute atomic E-state index is 12.8. The van der Waals surface area contributed by atoms with E-state index in [4.69, 9.17) is 11.6 Å². The number of carbonyl (C=O) groups excluding carboxylic acids is 1. The van der Waals surface area contributed by atoms with Crippen molar-refractivity contribution >= 4 is 39.1 Å². The molecule has 0 saturated heterocycles. The van der Waals surface area contributed by atoms with E-state index in [-0.39, 0.29) is 5.91 Å². The van der Waals surface area contributed by atoms with Gasteiger partial charge in [-0.2, -0.15) is 0 Å². The van der Waals surface area contributed by atoms with Gasteiger partial charge in [-0.05, 0) is 29.8 Å². The molecule has 0 atom stereocenters. The van der Waals surface area contributed by atoms with Crippen molar-refractivity contribution in [3.05, 3.63) is 63.1 Å². The lowest BCUT2D eigenvalue weighted by molar-refractivity contribution is 0.0987. The second-order valence-electron chi connectivity index (χ2n) is 4.92. The molecule has 0 aromatic heterocycles. The Morgan fingerprint density at radius 3 is 2.86 bits per heavy atom. The first-order valence-electron chi connectivity index (χ1n) is 6.72. The van der Waals surface area contributed by atoms with Crippen molar-refractivity contribution in [1.82, 2.24) is 5.32 Å². The third-order valence-electron chi connectivity index (χ3n) is 3.46. The molecule has 3 rings (SSSR count). The number of fused-ring (bicyclic) bond motifs is 1. The number of amides is 1. The zero-order valence-electron chi connectivity index (χ0n) is 11.3. The highest BCUT2D eigenvalue weighted by atomic mass is 79.9. The van der Waals surface area contributed by atoms with E-state index in [9.17, 15) is 4.79 Å². The van der Waals surface area contributed by atoms with Gasteiger partial charge in [-0.15, -0.1) is 0 Å². The van der Waals surface area contributed by atoms with Gasteiger partial charge in [0, 0.05) is 40.4 Å². The molecule has 0 saturated carbocycles. The Labute approximate surface area is 137 Å². The summed E-state index contributed by atoms with van der Waals surface area (Å²) in [7, 11) is 0. The van der Waals surface area contributed by atoms with Crippen LogP contribution in [0.1, 0.15) is 15.9 Å². The third kappa shape index (κ3) is 3.12. The van der Waals surface area contributed by atoms with E-state index in [1.54, 1.807) is 18.2 Å². The summed E-state index contributed by atoms with van der Waals surface area (Å²) >= 11 is 9.44. The van der Waals surface area contributed by atoms with Gasteiger partial charge in [-0.3, -0.25) is 4.79 Å². The summed E-state index contributed by atoms with van der Waals surface area (Å²) in [5.74, 6) is -0.0330. The van der Waals surface area contributed by atoms with Crippen LogP contribution in [-0.4, -0.2) is 19.0 Å². The number of benzene rings is 2. The number of anilines is 1. The Morgan fingerprint density at radius 1 is 1.24 bits per heavy atom. The molecule has 108 valence electrons. The van der Waals surface area contributed by atoms with Crippen LogP contribution >= 0.6 is 27.5 Å². The van der Waals surface area contributed by atoms with Crippen molar-refractivity contribution in [2.75, 3.05) is 18.0 Å². The summed E-state index contributed by atoms with van der Waals surface area (Å²) in [5, 5.41) is 3.88. The Balaban J connectivity index is 2.01. The number of rotatable bonds is 1. The Bertz CT molecular complexity index is 669. The maximum Gasteiger partial charge on any atom is 0.258 e. The molecular weight excluding hydrogens is 352 g/mol. The van der Waals surface area contributed by atoms with Crippen LogP contribution in [0.5, 0.6) is 0 Å². The molecule has 0 radical (unpaired) electrons. The molecular formula is C16H14BrClN2O. The van der Waals surface area contributed by atoms with Crippen molar-refractivity contribution in [2.45, 2.75) is 6.54 Å². The lowest BCUT2D eigenvalue weighted by atomic mass is 10.1. The van der Waals surface area contributed by atoms with Gasteiger partial charge in [0.05, 0.1) is 0 Å². The van der Waals surface area contributed by atoms with Crippen LogP contribution in [0.2, 0.25) is 5.02 Å². The molecule has 0 spiro atoms. The first-order valence-corrected chi connectivity index (χ1v) is 7.89. The number of nitrogens with zero attached hydrogens (tertiary/aromatic N) is 1. The molecule has 0 aliphatic carbocycles.